The molecule has 2 aliphatic rings. The molecule has 0 aliphatic carbocycles. The quantitative estimate of drug-likeness (QED) is 0.860. The van der Waals surface area contributed by atoms with Crippen molar-refractivity contribution in [3.63, 3.8) is 0 Å². The van der Waals surface area contributed by atoms with Crippen LogP contribution in [0.3, 0.4) is 0 Å². The zero-order valence-electron chi connectivity index (χ0n) is 14.8. The van der Waals surface area contributed by atoms with E-state index in [-0.39, 0.29) is 18.1 Å². The molecule has 0 saturated carbocycles. The Kier molecular flexibility index (Phi) is 4.56. The van der Waals surface area contributed by atoms with Gasteiger partial charge in [0.05, 0.1) is 12.6 Å². The van der Waals surface area contributed by atoms with E-state index in [2.05, 4.69) is 9.47 Å². The molecule has 2 heterocycles. The second-order valence-corrected chi connectivity index (χ2v) is 7.25. The van der Waals surface area contributed by atoms with Gasteiger partial charge >= 0.3 is 12.4 Å². The molecule has 1 aromatic carbocycles. The van der Waals surface area contributed by atoms with Gasteiger partial charge in [0, 0.05) is 6.20 Å². The van der Waals surface area contributed by atoms with Gasteiger partial charge in [0.1, 0.15) is 5.60 Å². The Bertz CT molecular complexity index is 742. The van der Waals surface area contributed by atoms with Gasteiger partial charge in [-0.1, -0.05) is 6.07 Å². The fourth-order valence-electron chi connectivity index (χ4n) is 2.86. The number of carbonyl (C=O) groups is 1. The van der Waals surface area contributed by atoms with Crippen LogP contribution in [-0.4, -0.2) is 40.6 Å². The van der Waals surface area contributed by atoms with Gasteiger partial charge in [-0.2, -0.15) is 0 Å². The van der Waals surface area contributed by atoms with E-state index in [1.54, 1.807) is 33.0 Å². The minimum Gasteiger partial charge on any atom is -0.443 e. The van der Waals surface area contributed by atoms with E-state index >= 15 is 0 Å². The largest absolute Gasteiger partial charge is 0.586 e. The van der Waals surface area contributed by atoms with Gasteiger partial charge in [0.25, 0.3) is 0 Å². The Balaban J connectivity index is 1.87. The lowest BCUT2D eigenvalue weighted by molar-refractivity contribution is -0.286. The van der Waals surface area contributed by atoms with Crippen LogP contribution in [0.25, 0.3) is 5.57 Å². The van der Waals surface area contributed by atoms with Crippen LogP contribution in [0.5, 0.6) is 11.5 Å². The van der Waals surface area contributed by atoms with Crippen molar-refractivity contribution in [3.05, 3.63) is 30.0 Å². The molecule has 1 atom stereocenters. The summed E-state index contributed by atoms with van der Waals surface area (Å²) in [5, 5.41) is 9.55. The van der Waals surface area contributed by atoms with Gasteiger partial charge in [-0.05, 0) is 56.9 Å². The summed E-state index contributed by atoms with van der Waals surface area (Å²) < 4.78 is 40.6. The molecule has 0 aromatic heterocycles. The summed E-state index contributed by atoms with van der Waals surface area (Å²) in [5.41, 5.74) is 0.713. The third-order valence-electron chi connectivity index (χ3n) is 4.02. The first-order chi connectivity index (χ1) is 12.1. The van der Waals surface area contributed by atoms with Crippen molar-refractivity contribution in [2.45, 2.75) is 51.6 Å². The van der Waals surface area contributed by atoms with Crippen LogP contribution in [-0.2, 0) is 4.74 Å². The molecule has 1 unspecified atom stereocenters. The highest BCUT2D eigenvalue weighted by atomic mass is 19.3. The van der Waals surface area contributed by atoms with E-state index < -0.39 is 24.0 Å². The van der Waals surface area contributed by atoms with Crippen molar-refractivity contribution < 1.29 is 32.9 Å². The Morgan fingerprint density at radius 1 is 1.35 bits per heavy atom. The van der Waals surface area contributed by atoms with Crippen LogP contribution < -0.4 is 9.47 Å². The lowest BCUT2D eigenvalue weighted by Crippen LogP contribution is -2.43. The van der Waals surface area contributed by atoms with Crippen LogP contribution in [0.1, 0.15) is 39.2 Å². The Hall–Kier alpha value is -2.35. The Morgan fingerprint density at radius 2 is 2.04 bits per heavy atom. The molecule has 0 bridgehead atoms. The molecule has 0 radical (unpaired) electrons. The number of benzene rings is 1. The molecule has 1 N–H and O–H groups in total. The summed E-state index contributed by atoms with van der Waals surface area (Å²) in [6.07, 6.45) is -1.56. The molecule has 2 aliphatic heterocycles. The number of aliphatic hydroxyl groups excluding tert-OH is 1. The van der Waals surface area contributed by atoms with Crippen molar-refractivity contribution in [3.8, 4) is 11.5 Å². The van der Waals surface area contributed by atoms with E-state index in [0.717, 1.165) is 5.57 Å². The lowest BCUT2D eigenvalue weighted by atomic mass is 9.95. The fourth-order valence-corrected chi connectivity index (χ4v) is 2.86. The average molecular weight is 369 g/mol. The average Bonchev–Trinajstić information content (AvgIpc) is 2.85. The summed E-state index contributed by atoms with van der Waals surface area (Å²) in [7, 11) is 0. The highest BCUT2D eigenvalue weighted by molar-refractivity contribution is 5.76. The van der Waals surface area contributed by atoms with E-state index in [1.165, 1.54) is 17.0 Å². The topological polar surface area (TPSA) is 68.2 Å². The maximum atomic E-state index is 13.2. The molecular formula is C18H21F2NO5. The molecule has 8 heteroatoms. The first kappa shape index (κ1) is 18.4. The molecule has 1 amide bonds. The first-order valence-corrected chi connectivity index (χ1v) is 8.31. The van der Waals surface area contributed by atoms with Gasteiger partial charge in [0.2, 0.25) is 0 Å². The third-order valence-corrected chi connectivity index (χ3v) is 4.02. The van der Waals surface area contributed by atoms with Gasteiger partial charge in [-0.25, -0.2) is 4.79 Å². The second-order valence-electron chi connectivity index (χ2n) is 7.25. The highest BCUT2D eigenvalue weighted by Gasteiger charge is 2.43. The molecule has 6 nitrogen and oxygen atoms in total. The maximum Gasteiger partial charge on any atom is 0.586 e. The number of ether oxygens (including phenoxy) is 3. The van der Waals surface area contributed by atoms with Gasteiger partial charge < -0.3 is 19.3 Å². The summed E-state index contributed by atoms with van der Waals surface area (Å²) in [5.74, 6) is -0.0890. The maximum absolute atomic E-state index is 13.2. The standard InChI is InChI=1S/C18H21F2NO5/c1-17(2,3)26-16(23)21-9-12(4-6-13(21)10-22)11-5-7-14-15(8-11)25-18(19,20)24-14/h5,7-9,13,22H,4,6,10H2,1-3H3. The molecule has 0 fully saturated rings. The van der Waals surface area contributed by atoms with E-state index in [1.807, 2.05) is 0 Å². The van der Waals surface area contributed by atoms with Gasteiger partial charge in [-0.15, -0.1) is 8.78 Å². The number of nitrogens with zero attached hydrogens (tertiary/aromatic N) is 1. The van der Waals surface area contributed by atoms with Gasteiger partial charge in [-0.3, -0.25) is 4.90 Å². The van der Waals surface area contributed by atoms with Crippen LogP contribution in [0.15, 0.2) is 24.4 Å². The number of fused-ring (bicyclic) bond motifs is 1. The predicted molar refractivity (Wildman–Crippen MR) is 88.8 cm³/mol. The monoisotopic (exact) mass is 369 g/mol. The summed E-state index contributed by atoms with van der Waals surface area (Å²) in [6.45, 7) is 5.07. The van der Waals surface area contributed by atoms with Crippen LogP contribution in [0.4, 0.5) is 13.6 Å². The minimum absolute atomic E-state index is 0.0348. The molecule has 26 heavy (non-hydrogen) atoms. The van der Waals surface area contributed by atoms with Crippen LogP contribution >= 0.6 is 0 Å². The lowest BCUT2D eigenvalue weighted by Gasteiger charge is -2.34. The number of halogens is 2. The third kappa shape index (κ3) is 3.90. The van der Waals surface area contributed by atoms with E-state index in [9.17, 15) is 18.7 Å². The van der Waals surface area contributed by atoms with E-state index in [4.69, 9.17) is 4.74 Å². The van der Waals surface area contributed by atoms with Crippen molar-refractivity contribution in [1.29, 1.82) is 0 Å². The normalized spacial score (nSPS) is 21.4. The predicted octanol–water partition coefficient (Wildman–Crippen LogP) is 3.74. The van der Waals surface area contributed by atoms with Gasteiger partial charge in [0.15, 0.2) is 11.5 Å². The van der Waals surface area contributed by atoms with Crippen molar-refractivity contribution in [2.75, 3.05) is 6.61 Å². The number of hydrogen-bond donors (Lipinski definition) is 1. The summed E-state index contributed by atoms with van der Waals surface area (Å²) in [4.78, 5) is 13.8. The van der Waals surface area contributed by atoms with Crippen LogP contribution in [0.2, 0.25) is 0 Å². The number of hydrogen-bond acceptors (Lipinski definition) is 5. The number of rotatable bonds is 2. The smallest absolute Gasteiger partial charge is 0.443 e. The number of carbonyl (C=O) groups excluding carboxylic acids is 1. The summed E-state index contributed by atoms with van der Waals surface area (Å²) in [6, 6.07) is 4.09. The minimum atomic E-state index is -3.67. The highest BCUT2D eigenvalue weighted by Crippen LogP contribution is 2.43. The van der Waals surface area contributed by atoms with Crippen molar-refractivity contribution in [2.24, 2.45) is 0 Å². The van der Waals surface area contributed by atoms with Crippen molar-refractivity contribution >= 4 is 11.7 Å². The number of aliphatic hydroxyl groups is 1. The number of amides is 1. The molecule has 0 spiro atoms. The van der Waals surface area contributed by atoms with Crippen LogP contribution in [0, 0.1) is 0 Å². The van der Waals surface area contributed by atoms with E-state index in [0.29, 0.717) is 18.4 Å². The Labute approximate surface area is 149 Å². The second kappa shape index (κ2) is 6.42. The van der Waals surface area contributed by atoms with Crippen molar-refractivity contribution in [1.82, 2.24) is 4.90 Å². The number of alkyl halides is 2. The summed E-state index contributed by atoms with van der Waals surface area (Å²) >= 11 is 0. The molecule has 1 aromatic rings. The molecule has 3 rings (SSSR count). The first-order valence-electron chi connectivity index (χ1n) is 8.31. The molecular weight excluding hydrogens is 348 g/mol. The molecule has 0 saturated heterocycles. The number of allylic oxidation sites excluding steroid dienone is 1. The zero-order chi connectivity index (χ0) is 19.1. The molecule has 142 valence electrons. The fraction of sp³-hybridized carbons (Fsp3) is 0.500. The SMILES string of the molecule is CC(C)(C)OC(=O)N1C=C(c2ccc3c(c2)OC(F)(F)O3)CCC1CO. The zero-order valence-corrected chi connectivity index (χ0v) is 14.8. The Morgan fingerprint density at radius 3 is 2.69 bits per heavy atom.